The second-order valence-corrected chi connectivity index (χ2v) is 13.1. The Morgan fingerprint density at radius 2 is 1.69 bits per heavy atom. The van der Waals surface area contributed by atoms with Gasteiger partial charge in [-0.05, 0) is 51.1 Å². The van der Waals surface area contributed by atoms with Gasteiger partial charge in [-0.2, -0.15) is 0 Å². The largest absolute Gasteiger partial charge is 0.392 e. The lowest BCUT2D eigenvalue weighted by atomic mass is 9.91. The van der Waals surface area contributed by atoms with Gasteiger partial charge in [-0.15, -0.1) is 5.10 Å². The van der Waals surface area contributed by atoms with E-state index < -0.39 is 6.29 Å². The van der Waals surface area contributed by atoms with Gasteiger partial charge in [0.2, 0.25) is 17.0 Å². The number of carbonyl (C=O) groups is 2. The van der Waals surface area contributed by atoms with Gasteiger partial charge in [0.15, 0.2) is 6.29 Å². The molecular formula is C36H44N6O5S. The normalized spacial score (nSPS) is 19.2. The van der Waals surface area contributed by atoms with Crippen LogP contribution in [0, 0.1) is 5.92 Å². The summed E-state index contributed by atoms with van der Waals surface area (Å²) >= 11 is 1.55. The van der Waals surface area contributed by atoms with Crippen molar-refractivity contribution >= 4 is 23.6 Å². The van der Waals surface area contributed by atoms with Crippen LogP contribution in [0.4, 0.5) is 0 Å². The number of aliphatic hydroxyl groups excluding tert-OH is 1. The first-order valence-electron chi connectivity index (χ1n) is 16.4. The molecule has 11 nitrogen and oxygen atoms in total. The standard InChI is InChI=1S/C36H44N6O5S/c1-24-32(23-48-36-39-40-41-42(36)3)46-35(47-34(24)28-14-12-26(22-43)13-15-28)29-18-16-27(17-19-29)31-10-7-6-9-30(31)21-38-33(45)11-5-4-8-20-37-25(2)44/h6-7,9-10,12-19,24,32,34-35,43H,4-5,8,11,20-23H2,1-3H3,(H,37,44)(H,38,45). The molecule has 1 aliphatic heterocycles. The number of nitrogens with one attached hydrogen (secondary N) is 2. The van der Waals surface area contributed by atoms with Gasteiger partial charge in [-0.25, -0.2) is 4.68 Å². The number of rotatable bonds is 15. The Morgan fingerprint density at radius 3 is 2.40 bits per heavy atom. The van der Waals surface area contributed by atoms with Gasteiger partial charge in [0, 0.05) is 50.7 Å². The van der Waals surface area contributed by atoms with Gasteiger partial charge < -0.3 is 25.2 Å². The smallest absolute Gasteiger partial charge is 0.220 e. The summed E-state index contributed by atoms with van der Waals surface area (Å²) in [5, 5.41) is 27.9. The second kappa shape index (κ2) is 17.3. The summed E-state index contributed by atoms with van der Waals surface area (Å²) in [6, 6.07) is 24.2. The van der Waals surface area contributed by atoms with Crippen molar-refractivity contribution in [2.75, 3.05) is 12.3 Å². The summed E-state index contributed by atoms with van der Waals surface area (Å²) in [5.41, 5.74) is 5.90. The fourth-order valence-electron chi connectivity index (χ4n) is 5.72. The molecule has 2 heterocycles. The number of thioether (sulfide) groups is 1. The zero-order valence-electron chi connectivity index (χ0n) is 27.7. The van der Waals surface area contributed by atoms with E-state index in [2.05, 4.69) is 51.3 Å². The molecule has 0 radical (unpaired) electrons. The predicted molar refractivity (Wildman–Crippen MR) is 183 cm³/mol. The van der Waals surface area contributed by atoms with E-state index in [-0.39, 0.29) is 36.5 Å². The van der Waals surface area contributed by atoms with Gasteiger partial charge in [-0.1, -0.05) is 97.9 Å². The summed E-state index contributed by atoms with van der Waals surface area (Å²) in [7, 11) is 1.82. The van der Waals surface area contributed by atoms with Crippen LogP contribution < -0.4 is 10.6 Å². The zero-order chi connectivity index (χ0) is 33.9. The molecule has 0 spiro atoms. The molecule has 4 unspecified atom stereocenters. The highest BCUT2D eigenvalue weighted by Gasteiger charge is 2.38. The maximum Gasteiger partial charge on any atom is 0.220 e. The first kappa shape index (κ1) is 35.2. The Morgan fingerprint density at radius 1 is 0.938 bits per heavy atom. The van der Waals surface area contributed by atoms with Gasteiger partial charge in [0.1, 0.15) is 0 Å². The lowest BCUT2D eigenvalue weighted by Gasteiger charge is -2.41. The van der Waals surface area contributed by atoms with Gasteiger partial charge in [0.25, 0.3) is 0 Å². The van der Waals surface area contributed by atoms with Crippen molar-refractivity contribution in [1.82, 2.24) is 30.8 Å². The molecule has 0 bridgehead atoms. The van der Waals surface area contributed by atoms with Crippen molar-refractivity contribution in [3.8, 4) is 11.1 Å². The van der Waals surface area contributed by atoms with E-state index in [0.29, 0.717) is 25.3 Å². The SMILES string of the molecule is CC(=O)NCCCCCC(=O)NCc1ccccc1-c1ccc(C2OC(CSc3nnnn3C)C(C)C(c3ccc(CO)cc3)O2)cc1. The number of hydrogen-bond donors (Lipinski definition) is 3. The average molecular weight is 673 g/mol. The second-order valence-electron chi connectivity index (χ2n) is 12.1. The maximum absolute atomic E-state index is 12.5. The Balaban J connectivity index is 1.25. The fraction of sp³-hybridized carbons (Fsp3) is 0.417. The van der Waals surface area contributed by atoms with Crippen LogP contribution in [0.25, 0.3) is 11.1 Å². The Bertz CT molecular complexity index is 1630. The lowest BCUT2D eigenvalue weighted by Crippen LogP contribution is -2.38. The third kappa shape index (κ3) is 9.50. The van der Waals surface area contributed by atoms with Crippen molar-refractivity contribution in [2.45, 2.75) is 76.3 Å². The molecule has 12 heteroatoms. The predicted octanol–water partition coefficient (Wildman–Crippen LogP) is 5.27. The highest BCUT2D eigenvalue weighted by Crippen LogP contribution is 2.43. The van der Waals surface area contributed by atoms with Crippen molar-refractivity contribution in [3.05, 3.63) is 95.1 Å². The fourth-order valence-corrected chi connectivity index (χ4v) is 6.73. The van der Waals surface area contributed by atoms with Crippen LogP contribution in [0.2, 0.25) is 0 Å². The summed E-state index contributed by atoms with van der Waals surface area (Å²) < 4.78 is 14.9. The van der Waals surface area contributed by atoms with E-state index >= 15 is 0 Å². The molecule has 3 N–H and O–H groups in total. The molecule has 1 fully saturated rings. The number of unbranched alkanes of at least 4 members (excludes halogenated alkanes) is 2. The Kier molecular flexibility index (Phi) is 12.7. The molecule has 48 heavy (non-hydrogen) atoms. The summed E-state index contributed by atoms with van der Waals surface area (Å²) in [5.74, 6) is 0.677. The zero-order valence-corrected chi connectivity index (χ0v) is 28.5. The van der Waals surface area contributed by atoms with Crippen LogP contribution in [0.3, 0.4) is 0 Å². The third-order valence-electron chi connectivity index (χ3n) is 8.52. The quantitative estimate of drug-likeness (QED) is 0.114. The molecule has 1 aromatic heterocycles. The van der Waals surface area contributed by atoms with E-state index in [1.54, 1.807) is 16.4 Å². The summed E-state index contributed by atoms with van der Waals surface area (Å²) in [6.07, 6.45) is 2.03. The molecule has 0 saturated carbocycles. The lowest BCUT2D eigenvalue weighted by molar-refractivity contribution is -0.268. The average Bonchev–Trinajstić information content (AvgIpc) is 3.52. The minimum Gasteiger partial charge on any atom is -0.392 e. The monoisotopic (exact) mass is 672 g/mol. The molecule has 0 aliphatic carbocycles. The van der Waals surface area contributed by atoms with Crippen LogP contribution in [-0.2, 0) is 39.3 Å². The van der Waals surface area contributed by atoms with Crippen molar-refractivity contribution < 1.29 is 24.2 Å². The number of benzene rings is 3. The summed E-state index contributed by atoms with van der Waals surface area (Å²) in [6.45, 7) is 4.71. The van der Waals surface area contributed by atoms with E-state index in [0.717, 1.165) is 57.8 Å². The van der Waals surface area contributed by atoms with E-state index in [9.17, 15) is 14.7 Å². The number of aromatic nitrogens is 4. The highest BCUT2D eigenvalue weighted by atomic mass is 32.2. The molecule has 1 aliphatic rings. The third-order valence-corrected chi connectivity index (χ3v) is 9.62. The van der Waals surface area contributed by atoms with E-state index in [1.807, 2.05) is 61.6 Å². The van der Waals surface area contributed by atoms with E-state index in [1.165, 1.54) is 6.92 Å². The first-order chi connectivity index (χ1) is 23.3. The molecule has 1 saturated heterocycles. The van der Waals surface area contributed by atoms with Crippen LogP contribution in [0.5, 0.6) is 0 Å². The summed E-state index contributed by atoms with van der Waals surface area (Å²) in [4.78, 5) is 23.5. The van der Waals surface area contributed by atoms with Crippen LogP contribution in [0.15, 0.2) is 78.0 Å². The molecule has 4 aromatic rings. The number of hydrogen-bond acceptors (Lipinski definition) is 9. The number of aliphatic hydroxyl groups is 1. The number of carbonyl (C=O) groups excluding carboxylic acids is 2. The molecule has 4 atom stereocenters. The minimum atomic E-state index is -0.589. The molecule has 254 valence electrons. The Labute approximate surface area is 285 Å². The van der Waals surface area contributed by atoms with Gasteiger partial charge in [0.05, 0.1) is 18.8 Å². The van der Waals surface area contributed by atoms with Crippen LogP contribution in [-0.4, -0.2) is 55.5 Å². The highest BCUT2D eigenvalue weighted by molar-refractivity contribution is 7.99. The molecular weight excluding hydrogens is 629 g/mol. The van der Waals surface area contributed by atoms with Crippen molar-refractivity contribution in [2.24, 2.45) is 13.0 Å². The topological polar surface area (TPSA) is 140 Å². The molecule has 2 amide bonds. The van der Waals surface area contributed by atoms with Gasteiger partial charge in [-0.3, -0.25) is 9.59 Å². The number of tetrazole rings is 1. The minimum absolute atomic E-state index is 0.0118. The molecule has 3 aromatic carbocycles. The number of amides is 2. The first-order valence-corrected chi connectivity index (χ1v) is 17.4. The van der Waals surface area contributed by atoms with Crippen molar-refractivity contribution in [1.29, 1.82) is 0 Å². The molecule has 5 rings (SSSR count). The number of ether oxygens (including phenoxy) is 2. The van der Waals surface area contributed by atoms with Crippen LogP contribution >= 0.6 is 11.8 Å². The Hall–Kier alpha value is -4.10. The number of aryl methyl sites for hydroxylation is 1. The van der Waals surface area contributed by atoms with E-state index in [4.69, 9.17) is 9.47 Å². The van der Waals surface area contributed by atoms with Gasteiger partial charge >= 0.3 is 0 Å². The number of nitrogens with zero attached hydrogens (tertiary/aromatic N) is 4. The van der Waals surface area contributed by atoms with Crippen LogP contribution in [0.1, 0.15) is 74.2 Å². The van der Waals surface area contributed by atoms with Crippen molar-refractivity contribution in [3.63, 3.8) is 0 Å². The maximum atomic E-state index is 12.5.